The van der Waals surface area contributed by atoms with Crippen molar-refractivity contribution in [3.05, 3.63) is 23.5 Å². The number of hydrogen-bond acceptors (Lipinski definition) is 2. The number of pyridine rings is 1. The molecular weight excluding hydrogens is 174 g/mol. The topological polar surface area (TPSA) is 22.1 Å². The minimum atomic E-state index is 0.469. The Labute approximate surface area is 77.5 Å². The average molecular weight is 186 g/mol. The molecule has 0 aliphatic heterocycles. The molecule has 0 saturated heterocycles. The molecule has 0 radical (unpaired) electrons. The Hall–Kier alpha value is -0.760. The monoisotopic (exact) mass is 185 g/mol. The fourth-order valence-corrected chi connectivity index (χ4v) is 0.901. The number of hydrogen-bond donors (Lipinski definition) is 0. The number of halogens is 1. The van der Waals surface area contributed by atoms with Gasteiger partial charge in [-0.3, -0.25) is 0 Å². The Kier molecular flexibility index (Phi) is 3.35. The van der Waals surface area contributed by atoms with Crippen LogP contribution in [0.25, 0.3) is 0 Å². The maximum atomic E-state index is 5.67. The fraction of sp³-hybridized carbons (Fsp3) is 0.444. The molecule has 0 atom stereocenters. The summed E-state index contributed by atoms with van der Waals surface area (Å²) in [5.41, 5.74) is 0. The van der Waals surface area contributed by atoms with E-state index in [9.17, 15) is 0 Å². The summed E-state index contributed by atoms with van der Waals surface area (Å²) in [4.78, 5) is 3.85. The standard InChI is InChI=1S/C9H12ClNO/c1-7(2)6-12-8-3-4-11-9(10)5-8/h3-5,7H,6H2,1-2H3. The van der Waals surface area contributed by atoms with E-state index < -0.39 is 0 Å². The summed E-state index contributed by atoms with van der Waals surface area (Å²) < 4.78 is 5.42. The van der Waals surface area contributed by atoms with Crippen molar-refractivity contribution in [3.63, 3.8) is 0 Å². The quantitative estimate of drug-likeness (QED) is 0.676. The molecule has 0 unspecified atom stereocenters. The van der Waals surface area contributed by atoms with Crippen LogP contribution in [0, 0.1) is 5.92 Å². The van der Waals surface area contributed by atoms with E-state index >= 15 is 0 Å². The first-order valence-electron chi connectivity index (χ1n) is 3.93. The zero-order chi connectivity index (χ0) is 8.97. The molecule has 0 aromatic carbocycles. The first kappa shape index (κ1) is 9.33. The first-order valence-corrected chi connectivity index (χ1v) is 4.30. The molecule has 0 fully saturated rings. The van der Waals surface area contributed by atoms with Crippen molar-refractivity contribution in [2.75, 3.05) is 6.61 Å². The van der Waals surface area contributed by atoms with Crippen LogP contribution in [-0.2, 0) is 0 Å². The first-order chi connectivity index (χ1) is 5.68. The molecule has 0 bridgehead atoms. The van der Waals surface area contributed by atoms with E-state index in [0.717, 1.165) is 5.75 Å². The van der Waals surface area contributed by atoms with E-state index in [0.29, 0.717) is 17.7 Å². The van der Waals surface area contributed by atoms with Crippen LogP contribution in [0.2, 0.25) is 5.15 Å². The fourth-order valence-electron chi connectivity index (χ4n) is 0.737. The summed E-state index contributed by atoms with van der Waals surface area (Å²) in [6.07, 6.45) is 1.64. The molecular formula is C9H12ClNO. The van der Waals surface area contributed by atoms with Crippen LogP contribution in [0.3, 0.4) is 0 Å². The Balaban J connectivity index is 2.52. The molecule has 1 aromatic heterocycles. The minimum absolute atomic E-state index is 0.469. The molecule has 66 valence electrons. The van der Waals surface area contributed by atoms with Gasteiger partial charge in [-0.15, -0.1) is 0 Å². The van der Waals surface area contributed by atoms with Gasteiger partial charge in [-0.05, 0) is 12.0 Å². The predicted octanol–water partition coefficient (Wildman–Crippen LogP) is 2.77. The van der Waals surface area contributed by atoms with Crippen LogP contribution in [-0.4, -0.2) is 11.6 Å². The maximum Gasteiger partial charge on any atom is 0.132 e. The third-order valence-corrected chi connectivity index (χ3v) is 1.49. The molecule has 0 amide bonds. The molecule has 3 heteroatoms. The maximum absolute atomic E-state index is 5.67. The predicted molar refractivity (Wildman–Crippen MR) is 49.6 cm³/mol. The lowest BCUT2D eigenvalue weighted by Gasteiger charge is -2.07. The van der Waals surface area contributed by atoms with Gasteiger partial charge in [-0.2, -0.15) is 0 Å². The van der Waals surface area contributed by atoms with Gasteiger partial charge >= 0.3 is 0 Å². The zero-order valence-corrected chi connectivity index (χ0v) is 8.01. The van der Waals surface area contributed by atoms with Crippen LogP contribution < -0.4 is 4.74 Å². The van der Waals surface area contributed by atoms with Crippen molar-refractivity contribution in [2.24, 2.45) is 5.92 Å². The third kappa shape index (κ3) is 3.09. The average Bonchev–Trinajstić information content (AvgIpc) is 2.01. The smallest absolute Gasteiger partial charge is 0.132 e. The Morgan fingerprint density at radius 3 is 2.92 bits per heavy atom. The Morgan fingerprint density at radius 2 is 2.33 bits per heavy atom. The summed E-state index contributed by atoms with van der Waals surface area (Å²) in [5, 5.41) is 0.469. The van der Waals surface area contributed by atoms with E-state index in [4.69, 9.17) is 16.3 Å². The Bertz CT molecular complexity index is 250. The largest absolute Gasteiger partial charge is 0.493 e. The SMILES string of the molecule is CC(C)COc1ccnc(Cl)c1. The Morgan fingerprint density at radius 1 is 1.58 bits per heavy atom. The van der Waals surface area contributed by atoms with Crippen molar-refractivity contribution in [3.8, 4) is 5.75 Å². The molecule has 0 saturated carbocycles. The van der Waals surface area contributed by atoms with Crippen molar-refractivity contribution in [2.45, 2.75) is 13.8 Å². The number of ether oxygens (including phenoxy) is 1. The van der Waals surface area contributed by atoms with Crippen molar-refractivity contribution < 1.29 is 4.74 Å². The van der Waals surface area contributed by atoms with Gasteiger partial charge in [0.25, 0.3) is 0 Å². The van der Waals surface area contributed by atoms with Crippen LogP contribution in [0.5, 0.6) is 5.75 Å². The normalized spacial score (nSPS) is 10.3. The van der Waals surface area contributed by atoms with E-state index in [1.165, 1.54) is 0 Å². The van der Waals surface area contributed by atoms with Gasteiger partial charge in [-0.25, -0.2) is 4.98 Å². The summed E-state index contributed by atoms with van der Waals surface area (Å²) >= 11 is 5.67. The number of nitrogens with zero attached hydrogens (tertiary/aromatic N) is 1. The molecule has 0 aliphatic carbocycles. The molecule has 0 aliphatic rings. The summed E-state index contributed by atoms with van der Waals surface area (Å²) in [6.45, 7) is 4.91. The highest BCUT2D eigenvalue weighted by atomic mass is 35.5. The molecule has 12 heavy (non-hydrogen) atoms. The second-order valence-electron chi connectivity index (χ2n) is 3.02. The van der Waals surface area contributed by atoms with E-state index in [1.54, 1.807) is 18.3 Å². The highest BCUT2D eigenvalue weighted by molar-refractivity contribution is 6.29. The van der Waals surface area contributed by atoms with Gasteiger partial charge in [-0.1, -0.05) is 25.4 Å². The second-order valence-corrected chi connectivity index (χ2v) is 3.41. The van der Waals surface area contributed by atoms with Gasteiger partial charge in [0.05, 0.1) is 6.61 Å². The van der Waals surface area contributed by atoms with Crippen LogP contribution in [0.15, 0.2) is 18.3 Å². The van der Waals surface area contributed by atoms with Gasteiger partial charge in [0.1, 0.15) is 10.9 Å². The molecule has 2 nitrogen and oxygen atoms in total. The molecule has 1 aromatic rings. The lowest BCUT2D eigenvalue weighted by molar-refractivity contribution is 0.271. The lowest BCUT2D eigenvalue weighted by atomic mass is 10.2. The van der Waals surface area contributed by atoms with Crippen molar-refractivity contribution >= 4 is 11.6 Å². The van der Waals surface area contributed by atoms with Crippen molar-refractivity contribution in [1.82, 2.24) is 4.98 Å². The third-order valence-electron chi connectivity index (χ3n) is 1.28. The van der Waals surface area contributed by atoms with E-state index in [2.05, 4.69) is 18.8 Å². The van der Waals surface area contributed by atoms with Crippen molar-refractivity contribution in [1.29, 1.82) is 0 Å². The van der Waals surface area contributed by atoms with Crippen LogP contribution in [0.1, 0.15) is 13.8 Å². The molecule has 1 rings (SSSR count). The van der Waals surface area contributed by atoms with Crippen LogP contribution in [0.4, 0.5) is 0 Å². The zero-order valence-electron chi connectivity index (χ0n) is 7.25. The summed E-state index contributed by atoms with van der Waals surface area (Å²) in [7, 11) is 0. The van der Waals surface area contributed by atoms with E-state index in [-0.39, 0.29) is 0 Å². The second kappa shape index (κ2) is 4.31. The van der Waals surface area contributed by atoms with Gasteiger partial charge in [0, 0.05) is 12.3 Å². The number of rotatable bonds is 3. The van der Waals surface area contributed by atoms with Crippen LogP contribution >= 0.6 is 11.6 Å². The molecule has 1 heterocycles. The van der Waals surface area contributed by atoms with Gasteiger partial charge < -0.3 is 4.74 Å². The van der Waals surface area contributed by atoms with Gasteiger partial charge in [0.15, 0.2) is 0 Å². The molecule has 0 spiro atoms. The highest BCUT2D eigenvalue weighted by Crippen LogP contribution is 2.14. The lowest BCUT2D eigenvalue weighted by Crippen LogP contribution is -2.04. The number of aromatic nitrogens is 1. The summed E-state index contributed by atoms with van der Waals surface area (Å²) in [5.74, 6) is 1.31. The van der Waals surface area contributed by atoms with E-state index in [1.807, 2.05) is 0 Å². The highest BCUT2D eigenvalue weighted by Gasteiger charge is 1.97. The summed E-state index contributed by atoms with van der Waals surface area (Å²) in [6, 6.07) is 3.51. The molecule has 0 N–H and O–H groups in total. The minimum Gasteiger partial charge on any atom is -0.493 e. The van der Waals surface area contributed by atoms with Gasteiger partial charge in [0.2, 0.25) is 0 Å².